The predicted molar refractivity (Wildman–Crippen MR) is 396 cm³/mol. The zero-order valence-electron chi connectivity index (χ0n) is 51.2. The average molecular weight is 1190 g/mol. The highest BCUT2D eigenvalue weighted by molar-refractivity contribution is 6.23. The summed E-state index contributed by atoms with van der Waals surface area (Å²) in [4.78, 5) is 4.64. The molecule has 2 heteroatoms. The van der Waals surface area contributed by atoms with E-state index in [1.165, 1.54) is 0 Å². The summed E-state index contributed by atoms with van der Waals surface area (Å²) in [5.74, 6) is 16.9. The van der Waals surface area contributed by atoms with Crippen LogP contribution >= 0.6 is 0 Å². The van der Waals surface area contributed by atoms with Crippen LogP contribution in [0.15, 0.2) is 303 Å². The molecule has 0 unspecified atom stereocenters. The average Bonchev–Trinajstić information content (AvgIpc) is 0.736. The van der Waals surface area contributed by atoms with Gasteiger partial charge in [0.05, 0.1) is 0 Å². The highest BCUT2D eigenvalue weighted by Gasteiger charge is 2.24. The van der Waals surface area contributed by atoms with Gasteiger partial charge in [-0.05, 0) is 233 Å². The van der Waals surface area contributed by atoms with Crippen LogP contribution in [0.1, 0.15) is 33.4 Å². The van der Waals surface area contributed by atoms with Gasteiger partial charge in [-0.3, -0.25) is 0 Å². The van der Waals surface area contributed by atoms with Gasteiger partial charge in [-0.1, -0.05) is 205 Å². The van der Waals surface area contributed by atoms with Gasteiger partial charge in [-0.25, -0.2) is 0 Å². The van der Waals surface area contributed by atoms with Gasteiger partial charge in [0.25, 0.3) is 0 Å². The van der Waals surface area contributed by atoms with Gasteiger partial charge in [-0.15, -0.1) is 38.5 Å². The normalized spacial score (nSPS) is 10.7. The van der Waals surface area contributed by atoms with E-state index in [0.29, 0.717) is 33.4 Å². The second-order valence-electron chi connectivity index (χ2n) is 22.9. The van der Waals surface area contributed by atoms with E-state index >= 15 is 0 Å². The number of para-hydroxylation sites is 4. The van der Waals surface area contributed by atoms with E-state index in [0.717, 1.165) is 134 Å². The molecule has 0 saturated carbocycles. The van der Waals surface area contributed by atoms with Crippen molar-refractivity contribution in [1.29, 1.82) is 0 Å². The topological polar surface area (TPSA) is 6.48 Å². The van der Waals surface area contributed by atoms with E-state index < -0.39 is 0 Å². The molecule has 0 amide bonds. The lowest BCUT2D eigenvalue weighted by Crippen LogP contribution is -2.10. The highest BCUT2D eigenvalue weighted by atomic mass is 15.1. The summed E-state index contributed by atoms with van der Waals surface area (Å²) in [6, 6.07) is 107. The van der Waals surface area contributed by atoms with Crippen molar-refractivity contribution in [2.45, 2.75) is 0 Å². The van der Waals surface area contributed by atoms with Crippen molar-refractivity contribution < 1.29 is 0 Å². The van der Waals surface area contributed by atoms with Crippen LogP contribution in [0.2, 0.25) is 0 Å². The maximum absolute atomic E-state index is 6.33. The number of fused-ring (bicyclic) bond motifs is 2. The van der Waals surface area contributed by atoms with Crippen molar-refractivity contribution in [1.82, 2.24) is 0 Å². The number of nitrogens with zero attached hydrogens (tertiary/aromatic N) is 2. The van der Waals surface area contributed by atoms with Crippen LogP contribution in [-0.2, 0) is 0 Å². The van der Waals surface area contributed by atoms with Crippen LogP contribution in [0.25, 0.3) is 99.4 Å². The molecule has 0 atom stereocenters. The molecule has 0 saturated heterocycles. The minimum absolute atomic E-state index is 0.642. The fourth-order valence-corrected chi connectivity index (χ4v) is 13.0. The molecule has 14 aromatic rings. The fraction of sp³-hybridized carbons (Fsp3) is 0. The molecule has 14 aromatic carbocycles. The molecule has 0 heterocycles. The summed E-state index contributed by atoms with van der Waals surface area (Å²) < 4.78 is 0. The summed E-state index contributed by atoms with van der Waals surface area (Å²) >= 11 is 0. The first-order valence-corrected chi connectivity index (χ1v) is 30.9. The third-order valence-electron chi connectivity index (χ3n) is 17.5. The number of hydrogen-bond acceptors (Lipinski definition) is 2. The highest BCUT2D eigenvalue weighted by Crippen LogP contribution is 2.50. The second kappa shape index (κ2) is 25.6. The van der Waals surface area contributed by atoms with Crippen LogP contribution in [-0.4, -0.2) is 0 Å². The van der Waals surface area contributed by atoms with Gasteiger partial charge in [0.2, 0.25) is 0 Å². The summed E-state index contributed by atoms with van der Waals surface area (Å²) in [6.45, 7) is 0. The molecule has 0 aliphatic heterocycles. The largest absolute Gasteiger partial charge is 0.310 e. The maximum atomic E-state index is 6.33. The lowest BCUT2D eigenvalue weighted by molar-refractivity contribution is 1.29. The van der Waals surface area contributed by atoms with Gasteiger partial charge >= 0.3 is 0 Å². The molecule has 0 N–H and O–H groups in total. The molecule has 0 aliphatic carbocycles. The van der Waals surface area contributed by atoms with E-state index in [4.69, 9.17) is 38.5 Å². The Bertz CT molecular complexity index is 5450. The summed E-state index contributed by atoms with van der Waals surface area (Å²) in [5.41, 5.74) is 24.1. The van der Waals surface area contributed by atoms with E-state index in [9.17, 15) is 0 Å². The Morgan fingerprint density at radius 2 is 0.511 bits per heavy atom. The molecule has 0 bridgehead atoms. The Morgan fingerprint density at radius 1 is 0.181 bits per heavy atom. The molecule has 14 rings (SSSR count). The fourth-order valence-electron chi connectivity index (χ4n) is 13.0. The number of benzene rings is 14. The molecular weight excluding hydrogens is 1130 g/mol. The molecule has 0 spiro atoms. The van der Waals surface area contributed by atoms with Crippen LogP contribution in [0.3, 0.4) is 0 Å². The van der Waals surface area contributed by atoms with Crippen LogP contribution in [0.5, 0.6) is 0 Å². The summed E-state index contributed by atoms with van der Waals surface area (Å²) in [6.07, 6.45) is 36.3. The molecule has 94 heavy (non-hydrogen) atoms. The van der Waals surface area contributed by atoms with Gasteiger partial charge < -0.3 is 9.80 Å². The van der Waals surface area contributed by atoms with Crippen molar-refractivity contribution in [2.75, 3.05) is 9.80 Å². The van der Waals surface area contributed by atoms with Gasteiger partial charge in [0.1, 0.15) is 0 Å². The monoisotopic (exact) mass is 1190 g/mol. The van der Waals surface area contributed by atoms with Gasteiger partial charge in [0.15, 0.2) is 0 Å². The first kappa shape index (κ1) is 58.3. The third-order valence-corrected chi connectivity index (χ3v) is 17.5. The summed E-state index contributed by atoms with van der Waals surface area (Å²) in [7, 11) is 0. The van der Waals surface area contributed by atoms with Crippen molar-refractivity contribution in [3.8, 4) is 152 Å². The quantitative estimate of drug-likeness (QED) is 0.0839. The first-order valence-electron chi connectivity index (χ1n) is 30.9. The number of hydrogen-bond donors (Lipinski definition) is 0. The minimum atomic E-state index is 0.642. The number of anilines is 6. The van der Waals surface area contributed by atoms with Crippen LogP contribution in [0, 0.1) is 74.1 Å². The molecule has 0 radical (unpaired) electrons. The predicted octanol–water partition coefficient (Wildman–Crippen LogP) is 22.5. The molecule has 0 aromatic heterocycles. The van der Waals surface area contributed by atoms with Crippen molar-refractivity contribution in [2.24, 2.45) is 0 Å². The Morgan fingerprint density at radius 3 is 0.957 bits per heavy atom. The molecular formula is C92H56N2. The maximum Gasteiger partial charge on any atom is 0.0468 e. The van der Waals surface area contributed by atoms with E-state index in [1.807, 2.05) is 42.5 Å². The lowest BCUT2D eigenvalue weighted by Gasteiger charge is -2.28. The molecule has 0 fully saturated rings. The van der Waals surface area contributed by atoms with E-state index in [2.05, 4.69) is 306 Å². The molecule has 434 valence electrons. The van der Waals surface area contributed by atoms with Gasteiger partial charge in [0, 0.05) is 67.5 Å². The standard InChI is InChI=1S/C92H56N2/c1-7-63-38-45-72(54-66(63)10-4)73-48-51-85(88(60-73)74-46-39-64(8-2)67(11-5)55-74)71-43-41-70(42-44-71)77-57-76(69-28-18-13-19-29-69)58-78(59-77)92-87-53-50-83(93(79-30-20-14-21-31-79)80-32-22-15-23-33-80)61-89(87)91(75-47-40-65(9-3)68(12-6)56-75)86-52-49-84(62-90(86)92)94(81-34-24-16-25-35-81)82-36-26-17-27-37-82/h1-6,13-62H. The van der Waals surface area contributed by atoms with Crippen LogP contribution in [0.4, 0.5) is 34.1 Å². The van der Waals surface area contributed by atoms with E-state index in [-0.39, 0.29) is 0 Å². The van der Waals surface area contributed by atoms with Crippen molar-refractivity contribution in [3.63, 3.8) is 0 Å². The Balaban J connectivity index is 1.03. The Hall–Kier alpha value is -13.4. The molecule has 2 nitrogen and oxygen atoms in total. The van der Waals surface area contributed by atoms with Gasteiger partial charge in [-0.2, -0.15) is 0 Å². The smallest absolute Gasteiger partial charge is 0.0468 e. The summed E-state index contributed by atoms with van der Waals surface area (Å²) in [5, 5.41) is 4.16. The van der Waals surface area contributed by atoms with Crippen LogP contribution < -0.4 is 9.80 Å². The van der Waals surface area contributed by atoms with Crippen molar-refractivity contribution in [3.05, 3.63) is 337 Å². The Labute approximate surface area is 550 Å². The number of rotatable bonds is 13. The zero-order chi connectivity index (χ0) is 64.1. The SMILES string of the molecule is C#Cc1ccc(-c2ccc(-c3ccc(-c4cc(-c5ccccc5)cc(-c5c6ccc(N(c7ccccc7)c7ccccc7)cc6c(-c6ccc(C#C)c(C#C)c6)c6ccc(N(c7ccccc7)c7ccccc7)cc56)c4)cc3)c(-c3ccc(C#C)c(C#C)c3)c2)cc1C#C. The third kappa shape index (κ3) is 11.1. The lowest BCUT2D eigenvalue weighted by atomic mass is 9.83. The molecule has 0 aliphatic rings. The van der Waals surface area contributed by atoms with Crippen molar-refractivity contribution >= 4 is 55.7 Å². The first-order chi connectivity index (χ1) is 46.3. The van der Waals surface area contributed by atoms with E-state index in [1.54, 1.807) is 0 Å². The second-order valence-corrected chi connectivity index (χ2v) is 22.9. The number of terminal acetylenes is 6. The zero-order valence-corrected chi connectivity index (χ0v) is 51.2. The minimum Gasteiger partial charge on any atom is -0.310 e. The Kier molecular flexibility index (Phi) is 15.8.